The van der Waals surface area contributed by atoms with E-state index in [0.717, 1.165) is 5.56 Å². The molecule has 0 aromatic heterocycles. The van der Waals surface area contributed by atoms with Crippen molar-refractivity contribution in [2.24, 2.45) is 0 Å². The molecule has 2 rings (SSSR count). The van der Waals surface area contributed by atoms with Gasteiger partial charge in [0.25, 0.3) is 0 Å². The van der Waals surface area contributed by atoms with Gasteiger partial charge in [-0.25, -0.2) is 0 Å². The fourth-order valence-electron chi connectivity index (χ4n) is 2.25. The molecule has 2 aromatic carbocycles. The summed E-state index contributed by atoms with van der Waals surface area (Å²) in [5, 5.41) is 2.86. The number of hydrogen-bond acceptors (Lipinski definition) is 4. The number of hydrogen-bond donors (Lipinski definition) is 1. The van der Waals surface area contributed by atoms with E-state index in [1.165, 1.54) is 0 Å². The average Bonchev–Trinajstić information content (AvgIpc) is 2.56. The second kappa shape index (κ2) is 8.08. The van der Waals surface area contributed by atoms with E-state index in [0.29, 0.717) is 29.5 Å². The first-order valence-corrected chi connectivity index (χ1v) is 7.40. The minimum absolute atomic E-state index is 0.124. The van der Waals surface area contributed by atoms with Crippen LogP contribution in [0.4, 0.5) is 5.69 Å². The van der Waals surface area contributed by atoms with E-state index in [1.54, 1.807) is 32.4 Å². The van der Waals surface area contributed by atoms with Crippen molar-refractivity contribution in [3.8, 4) is 17.2 Å². The Morgan fingerprint density at radius 3 is 2.43 bits per heavy atom. The van der Waals surface area contributed by atoms with Crippen molar-refractivity contribution in [3.05, 3.63) is 48.0 Å². The third-order valence-corrected chi connectivity index (χ3v) is 3.29. The van der Waals surface area contributed by atoms with Crippen molar-refractivity contribution in [2.45, 2.75) is 13.3 Å². The van der Waals surface area contributed by atoms with E-state index < -0.39 is 0 Å². The summed E-state index contributed by atoms with van der Waals surface area (Å²) in [4.78, 5) is 12.2. The first-order chi connectivity index (χ1) is 11.2. The lowest BCUT2D eigenvalue weighted by Crippen LogP contribution is -2.15. The summed E-state index contributed by atoms with van der Waals surface area (Å²) in [5.74, 6) is 1.81. The summed E-state index contributed by atoms with van der Waals surface area (Å²) in [6, 6.07) is 12.8. The summed E-state index contributed by atoms with van der Waals surface area (Å²) in [5.41, 5.74) is 1.50. The number of amides is 1. The van der Waals surface area contributed by atoms with E-state index in [4.69, 9.17) is 14.2 Å². The molecule has 1 amide bonds. The Balaban J connectivity index is 2.08. The van der Waals surface area contributed by atoms with Crippen molar-refractivity contribution >= 4 is 11.6 Å². The highest BCUT2D eigenvalue weighted by Crippen LogP contribution is 2.30. The maximum atomic E-state index is 12.2. The standard InChI is InChI=1S/C18H21NO4/c1-4-23-16-10-9-14(12-17(16)22-3)19-18(20)11-13-7-5-6-8-15(13)21-2/h5-10,12H,4,11H2,1-3H3,(H,19,20). The molecule has 0 heterocycles. The molecule has 0 aliphatic rings. The zero-order valence-corrected chi connectivity index (χ0v) is 13.6. The molecule has 0 spiro atoms. The highest BCUT2D eigenvalue weighted by atomic mass is 16.5. The average molecular weight is 315 g/mol. The van der Waals surface area contributed by atoms with Crippen molar-refractivity contribution in [1.82, 2.24) is 0 Å². The van der Waals surface area contributed by atoms with Crippen molar-refractivity contribution in [1.29, 1.82) is 0 Å². The number of benzene rings is 2. The third-order valence-electron chi connectivity index (χ3n) is 3.29. The van der Waals surface area contributed by atoms with Crippen LogP contribution in [-0.2, 0) is 11.2 Å². The highest BCUT2D eigenvalue weighted by molar-refractivity contribution is 5.93. The molecule has 5 nitrogen and oxygen atoms in total. The molecule has 0 aliphatic heterocycles. The first kappa shape index (κ1) is 16.7. The number of rotatable bonds is 7. The fourth-order valence-corrected chi connectivity index (χ4v) is 2.25. The maximum absolute atomic E-state index is 12.2. The quantitative estimate of drug-likeness (QED) is 0.852. The lowest BCUT2D eigenvalue weighted by Gasteiger charge is -2.12. The van der Waals surface area contributed by atoms with E-state index in [1.807, 2.05) is 31.2 Å². The number of anilines is 1. The van der Waals surface area contributed by atoms with Crippen LogP contribution in [0.2, 0.25) is 0 Å². The van der Waals surface area contributed by atoms with Crippen molar-refractivity contribution in [2.75, 3.05) is 26.1 Å². The Morgan fingerprint density at radius 2 is 1.74 bits per heavy atom. The minimum atomic E-state index is -0.124. The van der Waals surface area contributed by atoms with Crippen LogP contribution >= 0.6 is 0 Å². The van der Waals surface area contributed by atoms with Crippen LogP contribution < -0.4 is 19.5 Å². The molecular formula is C18H21NO4. The number of carbonyl (C=O) groups excluding carboxylic acids is 1. The van der Waals surface area contributed by atoms with Crippen LogP contribution in [-0.4, -0.2) is 26.7 Å². The molecule has 122 valence electrons. The van der Waals surface area contributed by atoms with E-state index >= 15 is 0 Å². The number of methoxy groups -OCH3 is 2. The van der Waals surface area contributed by atoms with Crippen LogP contribution in [0.5, 0.6) is 17.2 Å². The molecule has 0 unspecified atom stereocenters. The van der Waals surface area contributed by atoms with Gasteiger partial charge < -0.3 is 19.5 Å². The van der Waals surface area contributed by atoms with Gasteiger partial charge in [0, 0.05) is 17.3 Å². The van der Waals surface area contributed by atoms with Gasteiger partial charge >= 0.3 is 0 Å². The second-order valence-electron chi connectivity index (χ2n) is 4.84. The van der Waals surface area contributed by atoms with Gasteiger partial charge in [-0.15, -0.1) is 0 Å². The largest absolute Gasteiger partial charge is 0.496 e. The summed E-state index contributed by atoms with van der Waals surface area (Å²) in [7, 11) is 3.16. The summed E-state index contributed by atoms with van der Waals surface area (Å²) in [6.45, 7) is 2.46. The molecule has 0 bridgehead atoms. The second-order valence-corrected chi connectivity index (χ2v) is 4.84. The Bertz CT molecular complexity index is 670. The lowest BCUT2D eigenvalue weighted by molar-refractivity contribution is -0.115. The molecule has 23 heavy (non-hydrogen) atoms. The zero-order valence-electron chi connectivity index (χ0n) is 13.6. The van der Waals surface area contributed by atoms with Gasteiger partial charge in [0.2, 0.25) is 5.91 Å². The maximum Gasteiger partial charge on any atom is 0.228 e. The molecule has 1 N–H and O–H groups in total. The van der Waals surface area contributed by atoms with Crippen LogP contribution in [0.3, 0.4) is 0 Å². The van der Waals surface area contributed by atoms with Gasteiger partial charge in [-0.05, 0) is 25.1 Å². The Kier molecular flexibility index (Phi) is 5.86. The topological polar surface area (TPSA) is 56.8 Å². The van der Waals surface area contributed by atoms with Gasteiger partial charge in [-0.1, -0.05) is 18.2 Å². The van der Waals surface area contributed by atoms with E-state index in [-0.39, 0.29) is 12.3 Å². The third kappa shape index (κ3) is 4.39. The van der Waals surface area contributed by atoms with Crippen molar-refractivity contribution < 1.29 is 19.0 Å². The highest BCUT2D eigenvalue weighted by Gasteiger charge is 2.10. The van der Waals surface area contributed by atoms with Gasteiger partial charge in [-0.3, -0.25) is 4.79 Å². The first-order valence-electron chi connectivity index (χ1n) is 7.40. The Morgan fingerprint density at radius 1 is 1.00 bits per heavy atom. The van der Waals surface area contributed by atoms with Gasteiger partial charge in [0.1, 0.15) is 5.75 Å². The molecule has 0 saturated carbocycles. The molecule has 0 saturated heterocycles. The number of carbonyl (C=O) groups is 1. The molecule has 0 aliphatic carbocycles. The molecule has 5 heteroatoms. The van der Waals surface area contributed by atoms with Crippen LogP contribution in [0.25, 0.3) is 0 Å². The molecule has 2 aromatic rings. The van der Waals surface area contributed by atoms with Gasteiger partial charge in [0.15, 0.2) is 11.5 Å². The normalized spacial score (nSPS) is 10.0. The molecule has 0 radical (unpaired) electrons. The van der Waals surface area contributed by atoms with E-state index in [9.17, 15) is 4.79 Å². The molecule has 0 fully saturated rings. The smallest absolute Gasteiger partial charge is 0.228 e. The molecular weight excluding hydrogens is 294 g/mol. The number of ether oxygens (including phenoxy) is 3. The predicted molar refractivity (Wildman–Crippen MR) is 89.5 cm³/mol. The Labute approximate surface area is 136 Å². The van der Waals surface area contributed by atoms with Gasteiger partial charge in [0.05, 0.1) is 27.2 Å². The van der Waals surface area contributed by atoms with Crippen molar-refractivity contribution in [3.63, 3.8) is 0 Å². The van der Waals surface area contributed by atoms with Crippen LogP contribution in [0.1, 0.15) is 12.5 Å². The van der Waals surface area contributed by atoms with Gasteiger partial charge in [-0.2, -0.15) is 0 Å². The SMILES string of the molecule is CCOc1ccc(NC(=O)Cc2ccccc2OC)cc1OC. The Hall–Kier alpha value is -2.69. The summed E-state index contributed by atoms with van der Waals surface area (Å²) < 4.78 is 16.0. The lowest BCUT2D eigenvalue weighted by atomic mass is 10.1. The predicted octanol–water partition coefficient (Wildman–Crippen LogP) is 3.28. The van der Waals surface area contributed by atoms with Crippen LogP contribution in [0, 0.1) is 0 Å². The monoisotopic (exact) mass is 315 g/mol. The number of para-hydroxylation sites is 1. The minimum Gasteiger partial charge on any atom is -0.496 e. The van der Waals surface area contributed by atoms with Crippen LogP contribution in [0.15, 0.2) is 42.5 Å². The summed E-state index contributed by atoms with van der Waals surface area (Å²) >= 11 is 0. The number of nitrogens with one attached hydrogen (secondary N) is 1. The fraction of sp³-hybridized carbons (Fsp3) is 0.278. The van der Waals surface area contributed by atoms with E-state index in [2.05, 4.69) is 5.32 Å². The summed E-state index contributed by atoms with van der Waals surface area (Å²) in [6.07, 6.45) is 0.236. The zero-order chi connectivity index (χ0) is 16.7. The molecule has 0 atom stereocenters.